The third-order valence-corrected chi connectivity index (χ3v) is 5.22. The summed E-state index contributed by atoms with van der Waals surface area (Å²) < 4.78 is 44.5. The Balaban J connectivity index is 1.67. The third-order valence-electron chi connectivity index (χ3n) is 3.56. The van der Waals surface area contributed by atoms with Gasteiger partial charge in [-0.1, -0.05) is 41.9 Å². The molecule has 2 aromatic carbocycles. The highest BCUT2D eigenvalue weighted by Crippen LogP contribution is 2.36. The van der Waals surface area contributed by atoms with Gasteiger partial charge in [-0.25, -0.2) is 4.79 Å². The van der Waals surface area contributed by atoms with Crippen LogP contribution in [0, 0.1) is 0 Å². The fourth-order valence-electron chi connectivity index (χ4n) is 2.37. The number of carbonyl (C=O) groups excluding carboxylic acids is 2. The smallest absolute Gasteiger partial charge is 0.418 e. The molecule has 0 unspecified atom stereocenters. The van der Waals surface area contributed by atoms with Gasteiger partial charge in [0.1, 0.15) is 4.88 Å². The molecule has 0 radical (unpaired) electrons. The summed E-state index contributed by atoms with van der Waals surface area (Å²) in [5.41, 5.74) is -1.40. The van der Waals surface area contributed by atoms with Crippen LogP contribution in [0.25, 0.3) is 10.1 Å². The van der Waals surface area contributed by atoms with Gasteiger partial charge in [0.15, 0.2) is 6.61 Å². The number of para-hydroxylation sites is 1. The second-order valence-corrected chi connectivity index (χ2v) is 6.84. The summed E-state index contributed by atoms with van der Waals surface area (Å²) in [6.45, 7) is -0.740. The predicted molar refractivity (Wildman–Crippen MR) is 97.2 cm³/mol. The molecule has 1 heterocycles. The van der Waals surface area contributed by atoms with E-state index in [1.54, 1.807) is 24.3 Å². The molecule has 9 heteroatoms. The maximum atomic E-state index is 12.9. The van der Waals surface area contributed by atoms with E-state index >= 15 is 0 Å². The van der Waals surface area contributed by atoms with E-state index in [0.29, 0.717) is 5.39 Å². The average Bonchev–Trinajstić information content (AvgIpc) is 2.96. The zero-order valence-corrected chi connectivity index (χ0v) is 15.0. The van der Waals surface area contributed by atoms with Gasteiger partial charge < -0.3 is 10.1 Å². The summed E-state index contributed by atoms with van der Waals surface area (Å²) in [5.74, 6) is -1.71. The van der Waals surface area contributed by atoms with Crippen LogP contribution >= 0.6 is 22.9 Å². The highest BCUT2D eigenvalue weighted by atomic mass is 35.5. The number of alkyl halides is 3. The topological polar surface area (TPSA) is 55.4 Å². The van der Waals surface area contributed by atoms with Gasteiger partial charge in [-0.15, -0.1) is 11.3 Å². The van der Waals surface area contributed by atoms with Crippen LogP contribution in [0.4, 0.5) is 18.9 Å². The van der Waals surface area contributed by atoms with Gasteiger partial charge in [-0.05, 0) is 18.2 Å². The van der Waals surface area contributed by atoms with E-state index in [2.05, 4.69) is 5.32 Å². The molecule has 0 spiro atoms. The second-order valence-electron chi connectivity index (χ2n) is 5.41. The molecule has 0 aliphatic carbocycles. The molecular weight excluding hydrogens is 403 g/mol. The van der Waals surface area contributed by atoms with Gasteiger partial charge in [0.25, 0.3) is 5.91 Å². The first-order chi connectivity index (χ1) is 12.8. The lowest BCUT2D eigenvalue weighted by molar-refractivity contribution is -0.137. The van der Waals surface area contributed by atoms with E-state index in [1.807, 2.05) is 0 Å². The van der Waals surface area contributed by atoms with Crippen molar-refractivity contribution < 1.29 is 27.5 Å². The maximum Gasteiger partial charge on any atom is 0.418 e. The van der Waals surface area contributed by atoms with Gasteiger partial charge in [-0.3, -0.25) is 4.79 Å². The number of anilines is 1. The Bertz CT molecular complexity index is 1020. The van der Waals surface area contributed by atoms with Gasteiger partial charge in [0, 0.05) is 10.1 Å². The fourth-order valence-corrected chi connectivity index (χ4v) is 3.77. The molecule has 3 aromatic rings. The van der Waals surface area contributed by atoms with E-state index in [9.17, 15) is 22.8 Å². The number of thiophene rings is 1. The van der Waals surface area contributed by atoms with E-state index in [0.717, 1.165) is 28.2 Å². The lowest BCUT2D eigenvalue weighted by Gasteiger charge is -2.13. The van der Waals surface area contributed by atoms with Crippen molar-refractivity contribution in [1.29, 1.82) is 0 Å². The van der Waals surface area contributed by atoms with Gasteiger partial charge in [0.05, 0.1) is 16.3 Å². The number of ether oxygens (including phenoxy) is 1. The van der Waals surface area contributed by atoms with Crippen molar-refractivity contribution in [3.63, 3.8) is 0 Å². The van der Waals surface area contributed by atoms with E-state index in [-0.39, 0.29) is 9.90 Å². The minimum absolute atomic E-state index is 0.126. The fraction of sp³-hybridized carbons (Fsp3) is 0.111. The quantitative estimate of drug-likeness (QED) is 0.585. The summed E-state index contributed by atoms with van der Waals surface area (Å²) in [7, 11) is 0. The highest BCUT2D eigenvalue weighted by Gasteiger charge is 2.33. The predicted octanol–water partition coefficient (Wildman–Crippen LogP) is 5.37. The number of fused-ring (bicyclic) bond motifs is 1. The normalized spacial score (nSPS) is 11.4. The minimum atomic E-state index is -4.62. The largest absolute Gasteiger partial charge is 0.451 e. The van der Waals surface area contributed by atoms with E-state index < -0.39 is 35.9 Å². The van der Waals surface area contributed by atoms with Crippen molar-refractivity contribution in [2.45, 2.75) is 6.18 Å². The van der Waals surface area contributed by atoms with Crippen LogP contribution in [0.15, 0.2) is 48.5 Å². The number of benzene rings is 2. The lowest BCUT2D eigenvalue weighted by atomic mass is 10.1. The summed E-state index contributed by atoms with van der Waals surface area (Å²) in [4.78, 5) is 24.2. The standard InChI is InChI=1S/C18H11ClF3NO3S/c19-15-10-5-1-4-8-13(10)27-16(15)17(25)26-9-14(24)23-12-7-3-2-6-11(12)18(20,21)22/h1-8H,9H2,(H,23,24). The average molecular weight is 414 g/mol. The van der Waals surface area contributed by atoms with Gasteiger partial charge in [-0.2, -0.15) is 13.2 Å². The molecule has 4 nitrogen and oxygen atoms in total. The summed E-state index contributed by atoms with van der Waals surface area (Å²) in [5, 5.41) is 2.99. The zero-order chi connectivity index (χ0) is 19.6. The summed E-state index contributed by atoms with van der Waals surface area (Å²) >= 11 is 7.26. The molecule has 3 rings (SSSR count). The third kappa shape index (κ3) is 4.23. The molecule has 1 N–H and O–H groups in total. The molecule has 0 atom stereocenters. The first kappa shape index (κ1) is 19.2. The van der Waals surface area contributed by atoms with Gasteiger partial charge in [0.2, 0.25) is 0 Å². The number of hydrogen-bond acceptors (Lipinski definition) is 4. The number of rotatable bonds is 4. The van der Waals surface area contributed by atoms with Crippen LogP contribution in [0.5, 0.6) is 0 Å². The Morgan fingerprint density at radius 3 is 2.44 bits per heavy atom. The summed E-state index contributed by atoms with van der Waals surface area (Å²) in [6.07, 6.45) is -4.62. The number of esters is 1. The first-order valence-electron chi connectivity index (χ1n) is 7.57. The van der Waals surface area contributed by atoms with Crippen molar-refractivity contribution in [2.24, 2.45) is 0 Å². The molecule has 140 valence electrons. The first-order valence-corrected chi connectivity index (χ1v) is 8.77. The zero-order valence-electron chi connectivity index (χ0n) is 13.5. The number of carbonyl (C=O) groups is 2. The molecule has 0 saturated carbocycles. The lowest BCUT2D eigenvalue weighted by Crippen LogP contribution is -2.22. The summed E-state index contributed by atoms with van der Waals surface area (Å²) in [6, 6.07) is 11.6. The maximum absolute atomic E-state index is 12.9. The molecule has 1 aromatic heterocycles. The van der Waals surface area contributed by atoms with Crippen molar-refractivity contribution in [3.05, 3.63) is 64.0 Å². The van der Waals surface area contributed by atoms with Crippen LogP contribution in [0.1, 0.15) is 15.2 Å². The number of halogens is 4. The van der Waals surface area contributed by atoms with Crippen LogP contribution in [0.3, 0.4) is 0 Å². The van der Waals surface area contributed by atoms with Crippen molar-refractivity contribution in [1.82, 2.24) is 0 Å². The highest BCUT2D eigenvalue weighted by molar-refractivity contribution is 7.21. The molecule has 0 bridgehead atoms. The monoisotopic (exact) mass is 413 g/mol. The van der Waals surface area contributed by atoms with Crippen molar-refractivity contribution in [2.75, 3.05) is 11.9 Å². The number of amides is 1. The van der Waals surface area contributed by atoms with E-state index in [1.165, 1.54) is 12.1 Å². The molecule has 27 heavy (non-hydrogen) atoms. The molecule has 0 fully saturated rings. The Morgan fingerprint density at radius 1 is 1.07 bits per heavy atom. The number of nitrogens with one attached hydrogen (secondary N) is 1. The SMILES string of the molecule is O=C(COC(=O)c1sc2ccccc2c1Cl)Nc1ccccc1C(F)(F)F. The van der Waals surface area contributed by atoms with Gasteiger partial charge >= 0.3 is 12.1 Å². The van der Waals surface area contributed by atoms with Crippen LogP contribution in [0.2, 0.25) is 5.02 Å². The second kappa shape index (κ2) is 7.58. The van der Waals surface area contributed by atoms with Crippen LogP contribution in [-0.4, -0.2) is 18.5 Å². The minimum Gasteiger partial charge on any atom is -0.451 e. The molecular formula is C18H11ClF3NO3S. The molecule has 0 aliphatic heterocycles. The number of hydrogen-bond donors (Lipinski definition) is 1. The van der Waals surface area contributed by atoms with Crippen LogP contribution in [-0.2, 0) is 15.7 Å². The Kier molecular flexibility index (Phi) is 5.38. The Morgan fingerprint density at radius 2 is 1.74 bits per heavy atom. The Labute approximate surface area is 160 Å². The molecule has 1 amide bonds. The molecule has 0 saturated heterocycles. The molecule has 0 aliphatic rings. The van der Waals surface area contributed by atoms with Crippen molar-refractivity contribution in [3.8, 4) is 0 Å². The van der Waals surface area contributed by atoms with E-state index in [4.69, 9.17) is 16.3 Å². The Hall–Kier alpha value is -2.58. The van der Waals surface area contributed by atoms with Crippen molar-refractivity contribution >= 4 is 50.6 Å². The van der Waals surface area contributed by atoms with Crippen LogP contribution < -0.4 is 5.32 Å².